The van der Waals surface area contributed by atoms with Crippen LogP contribution in [0.1, 0.15) is 11.7 Å². The van der Waals surface area contributed by atoms with Crippen LogP contribution in [0.15, 0.2) is 74.2 Å². The molecule has 1 atom stereocenters. The first-order valence-electron chi connectivity index (χ1n) is 10.1. The molecule has 0 bridgehead atoms. The van der Waals surface area contributed by atoms with Gasteiger partial charge in [-0.15, -0.1) is 0 Å². The van der Waals surface area contributed by atoms with Gasteiger partial charge < -0.3 is 11.1 Å². The Morgan fingerprint density at radius 1 is 0.718 bits per heavy atom. The summed E-state index contributed by atoms with van der Waals surface area (Å²) in [6.07, 6.45) is -0.690. The largest absolute Gasteiger partial charge is 0.398 e. The molecule has 0 spiro atoms. The normalized spacial score (nSPS) is 16.8. The van der Waals surface area contributed by atoms with E-state index in [1.54, 1.807) is 24.3 Å². The van der Waals surface area contributed by atoms with Gasteiger partial charge in [0.15, 0.2) is 0 Å². The number of sulfonamides is 4. The molecule has 10 N–H and O–H groups in total. The molecule has 4 rings (SSSR count). The van der Waals surface area contributed by atoms with Gasteiger partial charge in [-0.25, -0.2) is 49.1 Å². The van der Waals surface area contributed by atoms with E-state index in [1.165, 1.54) is 6.07 Å². The van der Waals surface area contributed by atoms with Crippen molar-refractivity contribution in [2.45, 2.75) is 25.7 Å². The summed E-state index contributed by atoms with van der Waals surface area (Å²) in [6, 6.07) is 12.7. The molecule has 20 heteroatoms. The lowest BCUT2D eigenvalue weighted by atomic mass is 10.1. The summed E-state index contributed by atoms with van der Waals surface area (Å²) in [5.41, 5.74) is 6.00. The molecule has 0 fully saturated rings. The minimum Gasteiger partial charge on any atom is -0.398 e. The lowest BCUT2D eigenvalue weighted by molar-refractivity contribution is 0.562. The number of nitrogen functional groups attached to an aromatic ring is 1. The van der Waals surface area contributed by atoms with Gasteiger partial charge in [-0.1, -0.05) is 53.5 Å². The van der Waals surface area contributed by atoms with Crippen LogP contribution in [0.2, 0.25) is 10.0 Å². The molecule has 1 aliphatic heterocycles. The summed E-state index contributed by atoms with van der Waals surface area (Å²) in [5, 5.41) is 17.3. The molecule has 1 heterocycles. The second-order valence-corrected chi connectivity index (χ2v) is 14.9. The van der Waals surface area contributed by atoms with E-state index >= 15 is 0 Å². The van der Waals surface area contributed by atoms with Crippen molar-refractivity contribution in [3.8, 4) is 0 Å². The Hall–Kier alpha value is -2.52. The molecule has 0 amide bonds. The number of halogens is 2. The highest BCUT2D eigenvalue weighted by molar-refractivity contribution is 7.90. The number of primary sulfonamides is 3. The zero-order chi connectivity index (χ0) is 29.6. The maximum atomic E-state index is 12.4. The van der Waals surface area contributed by atoms with Crippen molar-refractivity contribution < 1.29 is 33.7 Å². The van der Waals surface area contributed by atoms with Gasteiger partial charge in [0.1, 0.15) is 25.7 Å². The van der Waals surface area contributed by atoms with E-state index in [-0.39, 0.29) is 26.3 Å². The summed E-state index contributed by atoms with van der Waals surface area (Å²) in [7, 11) is -16.3. The van der Waals surface area contributed by atoms with Crippen molar-refractivity contribution in [1.29, 1.82) is 0 Å². The lowest BCUT2D eigenvalue weighted by Gasteiger charge is -2.28. The Morgan fingerprint density at radius 2 is 1.21 bits per heavy atom. The predicted octanol–water partition coefficient (Wildman–Crippen LogP) is 0.607. The minimum absolute atomic E-state index is 0.150. The number of benzene rings is 3. The number of anilines is 2. The van der Waals surface area contributed by atoms with E-state index in [9.17, 15) is 33.7 Å². The Kier molecular flexibility index (Phi) is 8.59. The Labute approximate surface area is 234 Å². The fourth-order valence-corrected chi connectivity index (χ4v) is 7.64. The van der Waals surface area contributed by atoms with Crippen molar-refractivity contribution in [2.24, 2.45) is 15.4 Å². The second kappa shape index (κ2) is 10.8. The van der Waals surface area contributed by atoms with Crippen molar-refractivity contribution in [1.82, 2.24) is 4.72 Å². The van der Waals surface area contributed by atoms with Crippen LogP contribution in [0.25, 0.3) is 0 Å². The molecular formula is C19H20Cl2N6O8S4. The highest BCUT2D eigenvalue weighted by Gasteiger charge is 2.32. The van der Waals surface area contributed by atoms with E-state index < -0.39 is 60.9 Å². The van der Waals surface area contributed by atoms with Gasteiger partial charge in [-0.3, -0.25) is 0 Å². The molecule has 212 valence electrons. The molecular weight excluding hydrogens is 639 g/mol. The van der Waals surface area contributed by atoms with E-state index in [1.807, 2.05) is 6.07 Å². The highest BCUT2D eigenvalue weighted by atomic mass is 35.5. The van der Waals surface area contributed by atoms with Crippen LogP contribution in [0.5, 0.6) is 0 Å². The van der Waals surface area contributed by atoms with Crippen LogP contribution in [0.3, 0.4) is 0 Å². The number of fused-ring (bicyclic) bond motifs is 1. The van der Waals surface area contributed by atoms with E-state index in [2.05, 4.69) is 10.0 Å². The van der Waals surface area contributed by atoms with Crippen molar-refractivity contribution >= 4 is 74.7 Å². The molecule has 0 saturated heterocycles. The van der Waals surface area contributed by atoms with Crippen LogP contribution in [-0.4, -0.2) is 33.7 Å². The van der Waals surface area contributed by atoms with Gasteiger partial charge in [0.05, 0.1) is 21.4 Å². The summed E-state index contributed by atoms with van der Waals surface area (Å²) < 4.78 is 94.5. The van der Waals surface area contributed by atoms with Gasteiger partial charge in [-0.2, -0.15) is 4.72 Å². The first-order chi connectivity index (χ1) is 17.7. The van der Waals surface area contributed by atoms with Crippen LogP contribution in [0, 0.1) is 0 Å². The molecule has 0 aliphatic carbocycles. The summed E-state index contributed by atoms with van der Waals surface area (Å²) in [5.74, 6) is 0. The molecule has 1 unspecified atom stereocenters. The van der Waals surface area contributed by atoms with Crippen LogP contribution in [0.4, 0.5) is 11.4 Å². The van der Waals surface area contributed by atoms with E-state index in [0.717, 1.165) is 18.2 Å². The second-order valence-electron chi connectivity index (χ2n) is 7.84. The fraction of sp³-hybridized carbons (Fsp3) is 0.0526. The van der Waals surface area contributed by atoms with E-state index in [4.69, 9.17) is 44.4 Å². The average Bonchev–Trinajstić information content (AvgIpc) is 2.76. The van der Waals surface area contributed by atoms with Gasteiger partial charge in [0.25, 0.3) is 0 Å². The molecule has 3 aromatic rings. The molecule has 0 radical (unpaired) electrons. The van der Waals surface area contributed by atoms with Crippen molar-refractivity contribution in [2.75, 3.05) is 11.1 Å². The topological polar surface area (TPSA) is 265 Å². The molecule has 3 aromatic carbocycles. The summed E-state index contributed by atoms with van der Waals surface area (Å²) in [6.45, 7) is 0. The Balaban J connectivity index is 0.000000231. The van der Waals surface area contributed by atoms with Crippen molar-refractivity contribution in [3.05, 3.63) is 70.2 Å². The third kappa shape index (κ3) is 7.17. The van der Waals surface area contributed by atoms with Gasteiger partial charge in [-0.05, 0) is 29.8 Å². The first-order valence-corrected chi connectivity index (χ1v) is 16.9. The average molecular weight is 660 g/mol. The lowest BCUT2D eigenvalue weighted by Crippen LogP contribution is -2.38. The molecule has 39 heavy (non-hydrogen) atoms. The molecule has 1 aliphatic rings. The third-order valence-corrected chi connectivity index (χ3v) is 10.2. The maximum absolute atomic E-state index is 12.4. The van der Waals surface area contributed by atoms with Gasteiger partial charge >= 0.3 is 0 Å². The van der Waals surface area contributed by atoms with Crippen molar-refractivity contribution in [3.63, 3.8) is 0 Å². The van der Waals surface area contributed by atoms with Gasteiger partial charge in [0, 0.05) is 0 Å². The predicted molar refractivity (Wildman–Crippen MR) is 145 cm³/mol. The van der Waals surface area contributed by atoms with Crippen LogP contribution < -0.4 is 31.2 Å². The zero-order valence-electron chi connectivity index (χ0n) is 19.2. The third-order valence-electron chi connectivity index (χ3n) is 5.01. The Bertz CT molecular complexity index is 1830. The smallest absolute Gasteiger partial charge is 0.244 e. The van der Waals surface area contributed by atoms with Gasteiger partial charge in [0.2, 0.25) is 40.1 Å². The zero-order valence-corrected chi connectivity index (χ0v) is 24.0. The number of nitrogens with one attached hydrogen (secondary N) is 2. The van der Waals surface area contributed by atoms with E-state index in [0.29, 0.717) is 5.56 Å². The van der Waals surface area contributed by atoms with Crippen LogP contribution in [-0.2, 0) is 40.1 Å². The number of hydrogen-bond donors (Lipinski definition) is 6. The quantitative estimate of drug-likeness (QED) is 0.212. The highest BCUT2D eigenvalue weighted by Crippen LogP contribution is 2.36. The summed E-state index contributed by atoms with van der Waals surface area (Å²) in [4.78, 5) is -1.75. The maximum Gasteiger partial charge on any atom is 0.244 e. The fourth-order valence-electron chi connectivity index (χ4n) is 3.30. The monoisotopic (exact) mass is 658 g/mol. The minimum atomic E-state index is -4.14. The number of hydrogen-bond acceptors (Lipinski definition) is 10. The SMILES string of the molecule is NS(=O)(=O)c1cc2c(cc1Cl)NC(c1ccccc1)NS2(=O)=O.Nc1cc(Cl)c(S(N)(=O)=O)cc1S(N)(=O)=O. The number of nitrogens with two attached hydrogens (primary N) is 4. The van der Waals surface area contributed by atoms with Crippen LogP contribution >= 0.6 is 23.2 Å². The molecule has 0 aromatic heterocycles. The molecule has 0 saturated carbocycles. The summed E-state index contributed by atoms with van der Waals surface area (Å²) >= 11 is 11.5. The first kappa shape index (κ1) is 31.0. The Morgan fingerprint density at radius 3 is 1.72 bits per heavy atom. The molecule has 14 nitrogen and oxygen atoms in total. The standard InChI is InChI=1S/C13H12ClN3O4S2.C6H8ClN3O4S2/c14-9-6-10-12(7-11(9)22(15,18)19)23(20,21)17-13(16-10)8-4-2-1-3-5-8;7-3-1-4(8)6(16(10,13)14)2-5(3)15(9,11)12/h1-7,13,16-17H,(H2,15,18,19);1-2H,8H2,(H2,9,11,12)(H2,10,13,14). The number of rotatable bonds is 4.